The lowest BCUT2D eigenvalue weighted by molar-refractivity contribution is -0.134. The lowest BCUT2D eigenvalue weighted by Gasteiger charge is -2.31. The maximum atomic E-state index is 12.6. The number of nitrogens with zero attached hydrogens (tertiary/aromatic N) is 1. The first-order valence-corrected chi connectivity index (χ1v) is 9.51. The largest absolute Gasteiger partial charge is 0.399 e. The van der Waals surface area contributed by atoms with Crippen LogP contribution >= 0.6 is 0 Å². The number of hydrogen-bond acceptors (Lipinski definition) is 3. The summed E-state index contributed by atoms with van der Waals surface area (Å²) in [7, 11) is 0. The molecule has 1 aliphatic rings. The Morgan fingerprint density at radius 2 is 1.81 bits per heavy atom. The van der Waals surface area contributed by atoms with Gasteiger partial charge < -0.3 is 16.0 Å². The number of carbonyl (C=O) groups excluding carboxylic acids is 2. The van der Waals surface area contributed by atoms with Crippen LogP contribution < -0.4 is 11.1 Å². The fraction of sp³-hybridized carbons (Fsp3) is 0.364. The molecular weight excluding hydrogens is 338 g/mol. The van der Waals surface area contributed by atoms with Gasteiger partial charge in [0.25, 0.3) is 0 Å². The Morgan fingerprint density at radius 1 is 1.11 bits per heavy atom. The Labute approximate surface area is 160 Å². The van der Waals surface area contributed by atoms with E-state index in [1.54, 1.807) is 6.07 Å². The third-order valence-electron chi connectivity index (χ3n) is 5.21. The highest BCUT2D eigenvalue weighted by molar-refractivity contribution is 5.94. The molecule has 0 radical (unpaired) electrons. The number of rotatable bonds is 5. The number of piperidine rings is 1. The van der Waals surface area contributed by atoms with Crippen LogP contribution in [0.15, 0.2) is 48.5 Å². The second kappa shape index (κ2) is 8.71. The van der Waals surface area contributed by atoms with Crippen LogP contribution in [0.2, 0.25) is 0 Å². The number of amides is 2. The lowest BCUT2D eigenvalue weighted by Crippen LogP contribution is -2.41. The van der Waals surface area contributed by atoms with Gasteiger partial charge in [-0.15, -0.1) is 0 Å². The van der Waals surface area contributed by atoms with Gasteiger partial charge in [-0.3, -0.25) is 9.59 Å². The zero-order valence-corrected chi connectivity index (χ0v) is 15.8. The monoisotopic (exact) mass is 365 g/mol. The Bertz CT molecular complexity index is 796. The summed E-state index contributed by atoms with van der Waals surface area (Å²) in [5.41, 5.74) is 9.38. The summed E-state index contributed by atoms with van der Waals surface area (Å²) in [5.74, 6) is 0.119. The zero-order chi connectivity index (χ0) is 19.2. The van der Waals surface area contributed by atoms with E-state index in [1.165, 1.54) is 5.56 Å². The van der Waals surface area contributed by atoms with Gasteiger partial charge in [-0.1, -0.05) is 36.4 Å². The summed E-state index contributed by atoms with van der Waals surface area (Å²) >= 11 is 0. The molecule has 142 valence electrons. The van der Waals surface area contributed by atoms with E-state index in [1.807, 2.05) is 54.3 Å². The van der Waals surface area contributed by atoms with Crippen molar-refractivity contribution in [3.8, 4) is 0 Å². The predicted octanol–water partition coefficient (Wildman–Crippen LogP) is 3.39. The quantitative estimate of drug-likeness (QED) is 0.798. The lowest BCUT2D eigenvalue weighted by atomic mass is 9.95. The smallest absolute Gasteiger partial charge is 0.227 e. The van der Waals surface area contributed by atoms with Crippen LogP contribution in [0.5, 0.6) is 0 Å². The van der Waals surface area contributed by atoms with Crippen LogP contribution in [0.25, 0.3) is 0 Å². The number of likely N-dealkylation sites (tertiary alicyclic amines) is 1. The minimum Gasteiger partial charge on any atom is -0.399 e. The summed E-state index contributed by atoms with van der Waals surface area (Å²) < 4.78 is 0. The topological polar surface area (TPSA) is 75.4 Å². The van der Waals surface area contributed by atoms with Crippen LogP contribution in [0.1, 0.15) is 30.4 Å². The number of nitrogen functional groups attached to an aromatic ring is 1. The fourth-order valence-electron chi connectivity index (χ4n) is 3.45. The SMILES string of the molecule is Cc1ccc(N)cc1NC(=O)C1CCN(C(=O)CCc2ccccc2)CC1. The van der Waals surface area contributed by atoms with Crippen LogP contribution in [0.4, 0.5) is 11.4 Å². The first-order chi connectivity index (χ1) is 13.0. The molecule has 1 heterocycles. The summed E-state index contributed by atoms with van der Waals surface area (Å²) in [4.78, 5) is 26.9. The van der Waals surface area contributed by atoms with Gasteiger partial charge >= 0.3 is 0 Å². The van der Waals surface area contributed by atoms with Gasteiger partial charge in [0.15, 0.2) is 0 Å². The van der Waals surface area contributed by atoms with Gasteiger partial charge in [0, 0.05) is 36.8 Å². The minimum absolute atomic E-state index is 0.0140. The average Bonchev–Trinajstić information content (AvgIpc) is 2.70. The third-order valence-corrected chi connectivity index (χ3v) is 5.21. The van der Waals surface area contributed by atoms with Crippen molar-refractivity contribution in [2.45, 2.75) is 32.6 Å². The van der Waals surface area contributed by atoms with Crippen LogP contribution in [0, 0.1) is 12.8 Å². The van der Waals surface area contributed by atoms with Crippen molar-refractivity contribution in [3.05, 3.63) is 59.7 Å². The Hall–Kier alpha value is -2.82. The first kappa shape index (κ1) is 19.0. The van der Waals surface area contributed by atoms with Gasteiger partial charge in [-0.05, 0) is 49.4 Å². The molecule has 0 saturated carbocycles. The number of nitrogens with two attached hydrogens (primary N) is 1. The average molecular weight is 365 g/mol. The van der Waals surface area contributed by atoms with E-state index in [9.17, 15) is 9.59 Å². The van der Waals surface area contributed by atoms with E-state index in [0.717, 1.165) is 17.7 Å². The van der Waals surface area contributed by atoms with Crippen molar-refractivity contribution in [2.75, 3.05) is 24.1 Å². The number of anilines is 2. The van der Waals surface area contributed by atoms with Crippen molar-refractivity contribution < 1.29 is 9.59 Å². The molecule has 0 unspecified atom stereocenters. The summed E-state index contributed by atoms with van der Waals surface area (Å²) in [6.07, 6.45) is 2.67. The van der Waals surface area contributed by atoms with Crippen molar-refractivity contribution in [2.24, 2.45) is 5.92 Å². The highest BCUT2D eigenvalue weighted by Gasteiger charge is 2.27. The molecule has 2 aromatic carbocycles. The molecule has 5 nitrogen and oxygen atoms in total. The van der Waals surface area contributed by atoms with E-state index in [4.69, 9.17) is 5.73 Å². The molecule has 3 rings (SSSR count). The summed E-state index contributed by atoms with van der Waals surface area (Å²) in [6.45, 7) is 3.23. The molecule has 1 aliphatic heterocycles. The Kier molecular flexibility index (Phi) is 6.12. The molecule has 0 spiro atoms. The van der Waals surface area contributed by atoms with Gasteiger partial charge in [0.2, 0.25) is 11.8 Å². The number of aryl methyl sites for hydroxylation is 2. The van der Waals surface area contributed by atoms with Crippen molar-refractivity contribution in [1.29, 1.82) is 0 Å². The highest BCUT2D eigenvalue weighted by Crippen LogP contribution is 2.23. The maximum absolute atomic E-state index is 12.6. The van der Waals surface area contributed by atoms with E-state index >= 15 is 0 Å². The third kappa shape index (κ3) is 5.09. The molecule has 0 aliphatic carbocycles. The standard InChI is InChI=1S/C22H27N3O2/c1-16-7-9-19(23)15-20(16)24-22(27)18-11-13-25(14-12-18)21(26)10-8-17-5-3-2-4-6-17/h2-7,9,15,18H,8,10-14,23H2,1H3,(H,24,27). The van der Waals surface area contributed by atoms with Gasteiger partial charge in [-0.2, -0.15) is 0 Å². The summed E-state index contributed by atoms with van der Waals surface area (Å²) in [5, 5.41) is 2.99. The van der Waals surface area contributed by atoms with E-state index < -0.39 is 0 Å². The van der Waals surface area contributed by atoms with Crippen LogP contribution in [-0.4, -0.2) is 29.8 Å². The van der Waals surface area contributed by atoms with Crippen molar-refractivity contribution in [3.63, 3.8) is 0 Å². The van der Waals surface area contributed by atoms with E-state index in [2.05, 4.69) is 5.32 Å². The van der Waals surface area contributed by atoms with Crippen LogP contribution in [0.3, 0.4) is 0 Å². The molecule has 27 heavy (non-hydrogen) atoms. The molecule has 5 heteroatoms. The highest BCUT2D eigenvalue weighted by atomic mass is 16.2. The molecule has 0 aromatic heterocycles. The van der Waals surface area contributed by atoms with Gasteiger partial charge in [-0.25, -0.2) is 0 Å². The molecule has 2 aromatic rings. The van der Waals surface area contributed by atoms with Gasteiger partial charge in [0.1, 0.15) is 0 Å². The Morgan fingerprint density at radius 3 is 2.52 bits per heavy atom. The molecular formula is C22H27N3O2. The van der Waals surface area contributed by atoms with E-state index in [-0.39, 0.29) is 17.7 Å². The second-order valence-corrected chi connectivity index (χ2v) is 7.20. The van der Waals surface area contributed by atoms with Crippen molar-refractivity contribution >= 4 is 23.2 Å². The minimum atomic E-state index is -0.0657. The second-order valence-electron chi connectivity index (χ2n) is 7.20. The zero-order valence-electron chi connectivity index (χ0n) is 15.8. The normalized spacial score (nSPS) is 14.8. The van der Waals surface area contributed by atoms with Crippen molar-refractivity contribution in [1.82, 2.24) is 4.90 Å². The maximum Gasteiger partial charge on any atom is 0.227 e. The first-order valence-electron chi connectivity index (χ1n) is 9.51. The van der Waals surface area contributed by atoms with Crippen LogP contribution in [-0.2, 0) is 16.0 Å². The molecule has 1 saturated heterocycles. The summed E-state index contributed by atoms with van der Waals surface area (Å²) in [6, 6.07) is 15.6. The van der Waals surface area contributed by atoms with E-state index in [0.29, 0.717) is 38.0 Å². The predicted molar refractivity (Wildman–Crippen MR) is 108 cm³/mol. The molecule has 0 atom stereocenters. The fourth-order valence-corrected chi connectivity index (χ4v) is 3.45. The Balaban J connectivity index is 1.47. The molecule has 0 bridgehead atoms. The molecule has 1 fully saturated rings. The van der Waals surface area contributed by atoms with Gasteiger partial charge in [0.05, 0.1) is 0 Å². The molecule has 2 amide bonds. The molecule has 3 N–H and O–H groups in total. The number of hydrogen-bond donors (Lipinski definition) is 2. The number of nitrogens with one attached hydrogen (secondary N) is 1. The number of benzene rings is 2. The number of carbonyl (C=O) groups is 2.